The number of aromatic amines is 1. The van der Waals surface area contributed by atoms with Crippen molar-refractivity contribution in [3.63, 3.8) is 0 Å². The van der Waals surface area contributed by atoms with Crippen LogP contribution in [0.3, 0.4) is 0 Å². The highest BCUT2D eigenvalue weighted by Gasteiger charge is 2.28. The van der Waals surface area contributed by atoms with Gasteiger partial charge in [0.15, 0.2) is 0 Å². The van der Waals surface area contributed by atoms with Crippen LogP contribution in [0, 0.1) is 19.8 Å². The van der Waals surface area contributed by atoms with Gasteiger partial charge in [-0.05, 0) is 44.7 Å². The molecule has 8 heteroatoms. The van der Waals surface area contributed by atoms with E-state index in [-0.39, 0.29) is 5.91 Å². The maximum atomic E-state index is 12.4. The Kier molecular flexibility index (Phi) is 4.24. The Labute approximate surface area is 150 Å². The number of hydrogen-bond acceptors (Lipinski definition) is 6. The van der Waals surface area contributed by atoms with Crippen molar-refractivity contribution >= 4 is 5.91 Å². The molecule has 1 aliphatic heterocycles. The van der Waals surface area contributed by atoms with Crippen LogP contribution in [0.1, 0.15) is 34.1 Å². The standard InChI is InChI=1S/C18H20N6O2/c1-11-17(12(2)26-23-11)16-8-14(19-10-20-16)7-13-4-6-24(9-13)18(25)15-3-5-21-22-15/h3,5,8,10,13H,4,6-7,9H2,1-2H3,(H,21,22)/t13-/m0/s1. The van der Waals surface area contributed by atoms with Crippen LogP contribution in [0.4, 0.5) is 0 Å². The van der Waals surface area contributed by atoms with Gasteiger partial charge in [-0.2, -0.15) is 5.10 Å². The lowest BCUT2D eigenvalue weighted by molar-refractivity contribution is 0.0781. The third-order valence-electron chi connectivity index (χ3n) is 4.82. The fourth-order valence-corrected chi connectivity index (χ4v) is 3.52. The number of aryl methyl sites for hydroxylation is 2. The zero-order chi connectivity index (χ0) is 18.1. The van der Waals surface area contributed by atoms with E-state index in [1.807, 2.05) is 24.8 Å². The predicted octanol–water partition coefficient (Wildman–Crippen LogP) is 2.18. The number of hydrogen-bond donors (Lipinski definition) is 1. The third kappa shape index (κ3) is 3.10. The summed E-state index contributed by atoms with van der Waals surface area (Å²) < 4.78 is 5.24. The second-order valence-corrected chi connectivity index (χ2v) is 6.67. The molecule has 1 atom stereocenters. The summed E-state index contributed by atoms with van der Waals surface area (Å²) >= 11 is 0. The number of rotatable bonds is 4. The van der Waals surface area contributed by atoms with Gasteiger partial charge in [0.25, 0.3) is 5.91 Å². The van der Waals surface area contributed by atoms with Crippen LogP contribution >= 0.6 is 0 Å². The Bertz CT molecular complexity index is 898. The van der Waals surface area contributed by atoms with Crippen LogP contribution in [0.25, 0.3) is 11.3 Å². The number of nitrogens with one attached hydrogen (secondary N) is 1. The molecule has 0 radical (unpaired) electrons. The monoisotopic (exact) mass is 352 g/mol. The quantitative estimate of drug-likeness (QED) is 0.772. The molecule has 0 spiro atoms. The molecule has 0 saturated carbocycles. The van der Waals surface area contributed by atoms with E-state index in [1.165, 1.54) is 0 Å². The molecule has 1 fully saturated rings. The maximum absolute atomic E-state index is 12.4. The van der Waals surface area contributed by atoms with Crippen molar-refractivity contribution in [2.24, 2.45) is 5.92 Å². The van der Waals surface area contributed by atoms with E-state index >= 15 is 0 Å². The Morgan fingerprint density at radius 3 is 3.00 bits per heavy atom. The average molecular weight is 352 g/mol. The van der Waals surface area contributed by atoms with Gasteiger partial charge in [0.1, 0.15) is 17.8 Å². The Hall–Kier alpha value is -3.03. The predicted molar refractivity (Wildman–Crippen MR) is 93.3 cm³/mol. The molecule has 0 bridgehead atoms. The molecule has 0 aromatic carbocycles. The number of amides is 1. The van der Waals surface area contributed by atoms with Gasteiger partial charge in [-0.15, -0.1) is 0 Å². The summed E-state index contributed by atoms with van der Waals surface area (Å²) in [7, 11) is 0. The second-order valence-electron chi connectivity index (χ2n) is 6.67. The van der Waals surface area contributed by atoms with E-state index in [0.29, 0.717) is 11.6 Å². The van der Waals surface area contributed by atoms with Crippen LogP contribution < -0.4 is 0 Å². The maximum Gasteiger partial charge on any atom is 0.271 e. The number of aromatic nitrogens is 5. The molecule has 4 rings (SSSR count). The van der Waals surface area contributed by atoms with Gasteiger partial charge < -0.3 is 9.42 Å². The highest BCUT2D eigenvalue weighted by Crippen LogP contribution is 2.27. The largest absolute Gasteiger partial charge is 0.361 e. The van der Waals surface area contributed by atoms with E-state index in [2.05, 4.69) is 25.3 Å². The Balaban J connectivity index is 1.45. The highest BCUT2D eigenvalue weighted by molar-refractivity contribution is 5.92. The number of carbonyl (C=O) groups is 1. The fraction of sp³-hybridized carbons (Fsp3) is 0.389. The molecule has 1 N–H and O–H groups in total. The van der Waals surface area contributed by atoms with Crippen molar-refractivity contribution < 1.29 is 9.32 Å². The molecule has 134 valence electrons. The number of likely N-dealkylation sites (tertiary alicyclic amines) is 1. The minimum Gasteiger partial charge on any atom is -0.361 e. The summed E-state index contributed by atoms with van der Waals surface area (Å²) in [5.74, 6) is 1.14. The van der Waals surface area contributed by atoms with Crippen LogP contribution in [0.5, 0.6) is 0 Å². The number of nitrogens with zero attached hydrogens (tertiary/aromatic N) is 5. The smallest absolute Gasteiger partial charge is 0.271 e. The first-order chi connectivity index (χ1) is 12.6. The first-order valence-electron chi connectivity index (χ1n) is 8.64. The van der Waals surface area contributed by atoms with E-state index in [9.17, 15) is 4.79 Å². The summed E-state index contributed by atoms with van der Waals surface area (Å²) in [6.45, 7) is 5.27. The summed E-state index contributed by atoms with van der Waals surface area (Å²) in [4.78, 5) is 23.1. The van der Waals surface area contributed by atoms with Gasteiger partial charge in [0.05, 0.1) is 17.0 Å². The summed E-state index contributed by atoms with van der Waals surface area (Å²) in [6.07, 6.45) is 4.95. The van der Waals surface area contributed by atoms with Gasteiger partial charge >= 0.3 is 0 Å². The van der Waals surface area contributed by atoms with Crippen LogP contribution in [0.15, 0.2) is 29.2 Å². The lowest BCUT2D eigenvalue weighted by atomic mass is 10.0. The topological polar surface area (TPSA) is 101 Å². The van der Waals surface area contributed by atoms with E-state index in [4.69, 9.17) is 4.52 Å². The van der Waals surface area contributed by atoms with Crippen molar-refractivity contribution in [3.05, 3.63) is 47.5 Å². The summed E-state index contributed by atoms with van der Waals surface area (Å²) in [6, 6.07) is 3.70. The van der Waals surface area contributed by atoms with Crippen LogP contribution in [-0.2, 0) is 6.42 Å². The van der Waals surface area contributed by atoms with E-state index in [1.54, 1.807) is 18.6 Å². The second kappa shape index (κ2) is 6.70. The first kappa shape index (κ1) is 16.4. The van der Waals surface area contributed by atoms with Crippen molar-refractivity contribution in [1.29, 1.82) is 0 Å². The van der Waals surface area contributed by atoms with E-state index < -0.39 is 0 Å². The molecule has 0 aliphatic carbocycles. The van der Waals surface area contributed by atoms with Crippen molar-refractivity contribution in [3.8, 4) is 11.3 Å². The lowest BCUT2D eigenvalue weighted by Crippen LogP contribution is -2.29. The Morgan fingerprint density at radius 2 is 2.27 bits per heavy atom. The van der Waals surface area contributed by atoms with Crippen molar-refractivity contribution in [2.75, 3.05) is 13.1 Å². The zero-order valence-electron chi connectivity index (χ0n) is 14.8. The van der Waals surface area contributed by atoms with Gasteiger partial charge in [-0.3, -0.25) is 9.89 Å². The minimum atomic E-state index is 0.00379. The molecule has 26 heavy (non-hydrogen) atoms. The van der Waals surface area contributed by atoms with Crippen LogP contribution in [0.2, 0.25) is 0 Å². The van der Waals surface area contributed by atoms with Gasteiger partial charge in [-0.25, -0.2) is 9.97 Å². The van der Waals surface area contributed by atoms with Crippen molar-refractivity contribution in [2.45, 2.75) is 26.7 Å². The van der Waals surface area contributed by atoms with Gasteiger partial charge in [0.2, 0.25) is 0 Å². The molecule has 1 aliphatic rings. The average Bonchev–Trinajstić information content (AvgIpc) is 3.37. The van der Waals surface area contributed by atoms with Gasteiger partial charge in [0, 0.05) is 25.0 Å². The van der Waals surface area contributed by atoms with E-state index in [0.717, 1.165) is 54.3 Å². The lowest BCUT2D eigenvalue weighted by Gasteiger charge is -2.15. The molecule has 8 nitrogen and oxygen atoms in total. The third-order valence-corrected chi connectivity index (χ3v) is 4.82. The van der Waals surface area contributed by atoms with Crippen molar-refractivity contribution in [1.82, 2.24) is 30.2 Å². The SMILES string of the molecule is Cc1noc(C)c1-c1cc(C[C@@H]2CCN(C(=O)c3ccn[nH]3)C2)ncn1. The normalized spacial score (nSPS) is 17.0. The molecule has 0 unspecified atom stereocenters. The fourth-order valence-electron chi connectivity index (χ4n) is 3.52. The number of carbonyl (C=O) groups excluding carboxylic acids is 1. The molecule has 4 heterocycles. The van der Waals surface area contributed by atoms with Gasteiger partial charge in [-0.1, -0.05) is 5.16 Å². The molecule has 1 saturated heterocycles. The minimum absolute atomic E-state index is 0.00379. The molecule has 1 amide bonds. The van der Waals surface area contributed by atoms with Crippen LogP contribution in [-0.4, -0.2) is 49.2 Å². The molecular weight excluding hydrogens is 332 g/mol. The molecule has 3 aromatic heterocycles. The molecular formula is C18H20N6O2. The number of H-pyrrole nitrogens is 1. The summed E-state index contributed by atoms with van der Waals surface area (Å²) in [5, 5.41) is 10.6. The Morgan fingerprint density at radius 1 is 1.38 bits per heavy atom. The highest BCUT2D eigenvalue weighted by atomic mass is 16.5. The molecule has 3 aromatic rings. The first-order valence-corrected chi connectivity index (χ1v) is 8.64. The summed E-state index contributed by atoms with van der Waals surface area (Å²) in [5.41, 5.74) is 4.08. The zero-order valence-corrected chi connectivity index (χ0v) is 14.8.